The van der Waals surface area contributed by atoms with Gasteiger partial charge in [-0.05, 0) is 37.0 Å². The van der Waals surface area contributed by atoms with Crippen molar-refractivity contribution in [1.29, 1.82) is 0 Å². The predicted molar refractivity (Wildman–Crippen MR) is 157 cm³/mol. The number of nitrogens with zero attached hydrogens (tertiary/aromatic N) is 1. The lowest BCUT2D eigenvalue weighted by atomic mass is 9.84. The van der Waals surface area contributed by atoms with Gasteiger partial charge in [-0.15, -0.1) is 0 Å². The highest BCUT2D eigenvalue weighted by molar-refractivity contribution is 5.80. The Bertz CT molecular complexity index is 1570. The first-order chi connectivity index (χ1) is 20.8. The van der Waals surface area contributed by atoms with Crippen molar-refractivity contribution < 1.29 is 33.4 Å². The lowest BCUT2D eigenvalue weighted by molar-refractivity contribution is -0.137. The third-order valence-electron chi connectivity index (χ3n) is 7.90. The van der Waals surface area contributed by atoms with Crippen LogP contribution in [-0.4, -0.2) is 58.8 Å². The number of hydrogen-bond donors (Lipinski definition) is 2. The van der Waals surface area contributed by atoms with Crippen LogP contribution in [0.4, 0.5) is 9.18 Å². The van der Waals surface area contributed by atoms with E-state index in [9.17, 15) is 14.4 Å². The molecule has 2 amide bonds. The number of carboxylic acid groups (broad SMARTS) is 1. The number of hydrogen-bond acceptors (Lipinski definition) is 5. The zero-order chi connectivity index (χ0) is 30.4. The van der Waals surface area contributed by atoms with Gasteiger partial charge >= 0.3 is 12.1 Å². The van der Waals surface area contributed by atoms with E-state index in [4.69, 9.17) is 14.6 Å². The fraction of sp³-hybridized carbons (Fsp3) is 0.324. The van der Waals surface area contributed by atoms with Crippen molar-refractivity contribution in [2.45, 2.75) is 56.8 Å². The largest absolute Gasteiger partial charge is 0.481 e. The molecule has 2 aliphatic heterocycles. The van der Waals surface area contributed by atoms with Crippen molar-refractivity contribution >= 4 is 18.0 Å². The molecule has 9 heteroatoms. The maximum Gasteiger partial charge on any atom is 0.410 e. The van der Waals surface area contributed by atoms with E-state index >= 15 is 4.39 Å². The topological polar surface area (TPSA) is 105 Å². The second-order valence-electron chi connectivity index (χ2n) is 10.9. The van der Waals surface area contributed by atoms with Crippen LogP contribution in [-0.2, 0) is 32.1 Å². The molecular weight excluding hydrogens is 551 g/mol. The zero-order valence-corrected chi connectivity index (χ0v) is 23.8. The van der Waals surface area contributed by atoms with E-state index in [1.807, 2.05) is 37.3 Å². The lowest BCUT2D eigenvalue weighted by Gasteiger charge is -2.41. The Morgan fingerprint density at radius 3 is 2.60 bits per heavy atom. The van der Waals surface area contributed by atoms with Crippen LogP contribution in [0.3, 0.4) is 0 Å². The van der Waals surface area contributed by atoms with E-state index in [2.05, 4.69) is 17.2 Å². The third-order valence-corrected chi connectivity index (χ3v) is 7.90. The average molecular weight is 585 g/mol. The number of nitrogens with one attached hydrogen (secondary N) is 1. The first-order valence-corrected chi connectivity index (χ1v) is 14.2. The van der Waals surface area contributed by atoms with Crippen molar-refractivity contribution in [2.24, 2.45) is 0 Å². The molecule has 0 radical (unpaired) electrons. The second-order valence-corrected chi connectivity index (χ2v) is 10.9. The SMILES string of the molecule is C[C@@H]1CC2(COCC(=O)N2)C(Cc2cccc(-c3ccccc3C#CCCC(=O)O)c2F)N1C(=O)OCc1ccccc1. The third kappa shape index (κ3) is 6.71. The molecule has 2 saturated heterocycles. The summed E-state index contributed by atoms with van der Waals surface area (Å²) >= 11 is 0. The lowest BCUT2D eigenvalue weighted by Crippen LogP contribution is -2.64. The molecule has 3 atom stereocenters. The number of carbonyl (C=O) groups excluding carboxylic acids is 2. The van der Waals surface area contributed by atoms with Gasteiger partial charge in [-0.2, -0.15) is 0 Å². The van der Waals surface area contributed by atoms with Crippen LogP contribution in [0.1, 0.15) is 42.9 Å². The summed E-state index contributed by atoms with van der Waals surface area (Å²) in [6.45, 7) is 2.08. The molecule has 5 rings (SSSR count). The number of carbonyl (C=O) groups is 3. The molecule has 3 aromatic carbocycles. The van der Waals surface area contributed by atoms with Gasteiger partial charge in [0.2, 0.25) is 5.91 Å². The van der Waals surface area contributed by atoms with Gasteiger partial charge in [0.25, 0.3) is 0 Å². The number of amides is 2. The monoisotopic (exact) mass is 584 g/mol. The van der Waals surface area contributed by atoms with E-state index in [0.29, 0.717) is 28.7 Å². The van der Waals surface area contributed by atoms with Gasteiger partial charge in [0.05, 0.1) is 24.6 Å². The summed E-state index contributed by atoms with van der Waals surface area (Å²) in [5.74, 6) is 4.16. The number of halogens is 1. The summed E-state index contributed by atoms with van der Waals surface area (Å²) < 4.78 is 27.7. The first kappa shape index (κ1) is 29.8. The first-order valence-electron chi connectivity index (χ1n) is 14.2. The van der Waals surface area contributed by atoms with Gasteiger partial charge in [-0.1, -0.05) is 78.6 Å². The Kier molecular flexibility index (Phi) is 9.07. The van der Waals surface area contributed by atoms with Gasteiger partial charge in [0.1, 0.15) is 19.0 Å². The van der Waals surface area contributed by atoms with E-state index in [0.717, 1.165) is 5.56 Å². The number of ether oxygens (including phenoxy) is 2. The molecule has 2 N–H and O–H groups in total. The summed E-state index contributed by atoms with van der Waals surface area (Å²) in [7, 11) is 0. The molecule has 0 saturated carbocycles. The van der Waals surface area contributed by atoms with Crippen LogP contribution in [0.25, 0.3) is 11.1 Å². The molecule has 3 aromatic rings. The van der Waals surface area contributed by atoms with Crippen LogP contribution in [0, 0.1) is 17.7 Å². The zero-order valence-electron chi connectivity index (χ0n) is 23.8. The summed E-state index contributed by atoms with van der Waals surface area (Å²) in [6, 6.07) is 20.6. The molecule has 0 aromatic heterocycles. The molecule has 43 heavy (non-hydrogen) atoms. The number of morpholine rings is 1. The molecule has 1 spiro atoms. The molecule has 222 valence electrons. The highest BCUT2D eigenvalue weighted by Gasteiger charge is 2.55. The van der Waals surface area contributed by atoms with E-state index < -0.39 is 29.5 Å². The van der Waals surface area contributed by atoms with Crippen molar-refractivity contribution in [1.82, 2.24) is 10.2 Å². The highest BCUT2D eigenvalue weighted by atomic mass is 19.1. The smallest absolute Gasteiger partial charge is 0.410 e. The Morgan fingerprint density at radius 2 is 1.84 bits per heavy atom. The molecule has 0 aliphatic carbocycles. The van der Waals surface area contributed by atoms with Crippen LogP contribution in [0.15, 0.2) is 72.8 Å². The van der Waals surface area contributed by atoms with Crippen LogP contribution >= 0.6 is 0 Å². The normalized spacial score (nSPS) is 21.2. The minimum absolute atomic E-state index is 0.0740. The summed E-state index contributed by atoms with van der Waals surface area (Å²) in [5, 5.41) is 12.0. The van der Waals surface area contributed by atoms with Gasteiger partial charge in [0, 0.05) is 29.2 Å². The van der Waals surface area contributed by atoms with Crippen LogP contribution in [0.2, 0.25) is 0 Å². The molecular formula is C34H33FN2O6. The maximum atomic E-state index is 16.3. The van der Waals surface area contributed by atoms with Crippen molar-refractivity contribution in [3.05, 3.63) is 95.3 Å². The van der Waals surface area contributed by atoms with Gasteiger partial charge < -0.3 is 19.9 Å². The fourth-order valence-electron chi connectivity index (χ4n) is 6.00. The Labute approximate surface area is 249 Å². The highest BCUT2D eigenvalue weighted by Crippen LogP contribution is 2.39. The standard InChI is InChI=1S/C34H33FN2O6/c1-23-19-34(22-42-21-30(38)36-34)29(37(23)33(41)43-20-24-10-3-2-4-11-24)18-26-14-9-16-28(32(26)35)27-15-7-5-12-25(27)13-6-8-17-31(39)40/h2-5,7,9-12,14-16,23,29H,8,17-22H2,1H3,(H,36,38)(H,39,40)/t23-,29?,34?/m1/s1. The maximum absolute atomic E-state index is 16.3. The molecule has 2 aliphatic rings. The quantitative estimate of drug-likeness (QED) is 0.382. The molecule has 2 unspecified atom stereocenters. The number of rotatable bonds is 7. The van der Waals surface area contributed by atoms with Gasteiger partial charge in [0.15, 0.2) is 0 Å². The number of benzene rings is 3. The Balaban J connectivity index is 1.46. The molecule has 2 heterocycles. The van der Waals surface area contributed by atoms with Gasteiger partial charge in [-0.3, -0.25) is 14.5 Å². The van der Waals surface area contributed by atoms with E-state index in [-0.39, 0.29) is 51.0 Å². The number of carboxylic acids is 1. The Hall–Kier alpha value is -4.68. The Morgan fingerprint density at radius 1 is 1.09 bits per heavy atom. The van der Waals surface area contributed by atoms with Crippen molar-refractivity contribution in [3.63, 3.8) is 0 Å². The summed E-state index contributed by atoms with van der Waals surface area (Å²) in [4.78, 5) is 38.5. The van der Waals surface area contributed by atoms with Gasteiger partial charge in [-0.25, -0.2) is 9.18 Å². The number of likely N-dealkylation sites (tertiary alicyclic amines) is 1. The molecule has 8 nitrogen and oxygen atoms in total. The molecule has 2 fully saturated rings. The van der Waals surface area contributed by atoms with Crippen LogP contribution < -0.4 is 5.32 Å². The van der Waals surface area contributed by atoms with Crippen LogP contribution in [0.5, 0.6) is 0 Å². The average Bonchev–Trinajstić information content (AvgIpc) is 3.25. The minimum atomic E-state index is -0.933. The fourth-order valence-corrected chi connectivity index (χ4v) is 6.00. The molecule has 0 bridgehead atoms. The van der Waals surface area contributed by atoms with Crippen molar-refractivity contribution in [3.8, 4) is 23.0 Å². The minimum Gasteiger partial charge on any atom is -0.481 e. The van der Waals surface area contributed by atoms with E-state index in [1.54, 1.807) is 47.4 Å². The summed E-state index contributed by atoms with van der Waals surface area (Å²) in [6.07, 6.45) is 0.0978. The number of aliphatic carboxylic acids is 1. The van der Waals surface area contributed by atoms with Crippen molar-refractivity contribution in [2.75, 3.05) is 13.2 Å². The predicted octanol–water partition coefficient (Wildman–Crippen LogP) is 4.94. The second kappa shape index (κ2) is 13.1. The van der Waals surface area contributed by atoms with E-state index in [1.165, 1.54) is 0 Å². The summed E-state index contributed by atoms with van der Waals surface area (Å²) in [5.41, 5.74) is 1.79.